The molecule has 0 saturated heterocycles. The lowest BCUT2D eigenvalue weighted by Crippen LogP contribution is -2.26. The van der Waals surface area contributed by atoms with Gasteiger partial charge in [0.1, 0.15) is 0 Å². The zero-order valence-corrected chi connectivity index (χ0v) is 13.8. The van der Waals surface area contributed by atoms with Crippen molar-refractivity contribution in [1.29, 1.82) is 0 Å². The molecule has 5 heteroatoms. The first-order valence-electron chi connectivity index (χ1n) is 7.85. The second kappa shape index (κ2) is 7.08. The molecular weight excluding hydrogens is 302 g/mol. The lowest BCUT2D eigenvalue weighted by atomic mass is 10.1. The quantitative estimate of drug-likeness (QED) is 0.720. The lowest BCUT2D eigenvalue weighted by molar-refractivity contribution is -0.118. The number of nitrogens with zero attached hydrogens (tertiary/aromatic N) is 3. The second-order valence-corrected chi connectivity index (χ2v) is 5.67. The van der Waals surface area contributed by atoms with Gasteiger partial charge in [-0.3, -0.25) is 4.79 Å². The van der Waals surface area contributed by atoms with E-state index in [-0.39, 0.29) is 5.91 Å². The van der Waals surface area contributed by atoms with Crippen LogP contribution in [-0.4, -0.2) is 23.1 Å². The zero-order valence-electron chi connectivity index (χ0n) is 13.8. The van der Waals surface area contributed by atoms with Crippen LogP contribution in [-0.2, 0) is 11.2 Å². The summed E-state index contributed by atoms with van der Waals surface area (Å²) in [7, 11) is 1.77. The summed E-state index contributed by atoms with van der Waals surface area (Å²) >= 11 is 0. The Morgan fingerprint density at radius 3 is 2.67 bits per heavy atom. The fourth-order valence-electron chi connectivity index (χ4n) is 2.43. The fraction of sp³-hybridized carbons (Fsp3) is 0.211. The average Bonchev–Trinajstić information content (AvgIpc) is 3.09. The standard InChI is InChI=1S/C19H19N3O2/c1-14-7-6-8-15(13-14)19-20-17(24-21-19)11-12-18(23)22(2)16-9-4-3-5-10-16/h3-10,13H,11-12H2,1-2H3. The summed E-state index contributed by atoms with van der Waals surface area (Å²) in [5.41, 5.74) is 2.92. The van der Waals surface area contributed by atoms with Crippen molar-refractivity contribution in [3.8, 4) is 11.4 Å². The molecule has 0 radical (unpaired) electrons. The van der Waals surface area contributed by atoms with Crippen LogP contribution in [0.3, 0.4) is 0 Å². The molecule has 0 N–H and O–H groups in total. The summed E-state index contributed by atoms with van der Waals surface area (Å²) in [5.74, 6) is 1.04. The third-order valence-corrected chi connectivity index (χ3v) is 3.81. The van der Waals surface area contributed by atoms with Crippen molar-refractivity contribution < 1.29 is 9.32 Å². The third kappa shape index (κ3) is 3.68. The maximum atomic E-state index is 12.3. The normalized spacial score (nSPS) is 10.6. The monoisotopic (exact) mass is 321 g/mol. The number of aryl methyl sites for hydroxylation is 2. The molecule has 0 aliphatic carbocycles. The number of para-hydroxylation sites is 1. The highest BCUT2D eigenvalue weighted by atomic mass is 16.5. The van der Waals surface area contributed by atoms with E-state index in [1.165, 1.54) is 0 Å². The average molecular weight is 321 g/mol. The Balaban J connectivity index is 1.62. The molecule has 0 unspecified atom stereocenters. The van der Waals surface area contributed by atoms with E-state index in [1.807, 2.05) is 61.5 Å². The Morgan fingerprint density at radius 1 is 1.12 bits per heavy atom. The number of carbonyl (C=O) groups excluding carboxylic acids is 1. The van der Waals surface area contributed by atoms with Crippen molar-refractivity contribution in [3.63, 3.8) is 0 Å². The van der Waals surface area contributed by atoms with E-state index in [0.29, 0.717) is 24.6 Å². The molecule has 5 nitrogen and oxygen atoms in total. The summed E-state index contributed by atoms with van der Waals surface area (Å²) in [6.07, 6.45) is 0.746. The van der Waals surface area contributed by atoms with Crippen molar-refractivity contribution in [1.82, 2.24) is 10.1 Å². The predicted octanol–water partition coefficient (Wildman–Crippen LogP) is 3.64. The Kier molecular flexibility index (Phi) is 4.70. The Hall–Kier alpha value is -2.95. The van der Waals surface area contributed by atoms with Crippen LogP contribution >= 0.6 is 0 Å². The second-order valence-electron chi connectivity index (χ2n) is 5.67. The van der Waals surface area contributed by atoms with Crippen molar-refractivity contribution in [3.05, 3.63) is 66.1 Å². The van der Waals surface area contributed by atoms with E-state index in [4.69, 9.17) is 4.52 Å². The lowest BCUT2D eigenvalue weighted by Gasteiger charge is -2.16. The van der Waals surface area contributed by atoms with Gasteiger partial charge in [-0.05, 0) is 25.1 Å². The van der Waals surface area contributed by atoms with Crippen LogP contribution in [0, 0.1) is 6.92 Å². The number of carbonyl (C=O) groups is 1. The number of benzene rings is 2. The number of hydrogen-bond donors (Lipinski definition) is 0. The number of aromatic nitrogens is 2. The van der Waals surface area contributed by atoms with Crippen molar-refractivity contribution in [2.24, 2.45) is 0 Å². The molecule has 1 aromatic heterocycles. The van der Waals surface area contributed by atoms with Gasteiger partial charge >= 0.3 is 0 Å². The maximum absolute atomic E-state index is 12.3. The Bertz CT molecular complexity index is 827. The smallest absolute Gasteiger partial charge is 0.227 e. The van der Waals surface area contributed by atoms with Crippen molar-refractivity contribution >= 4 is 11.6 Å². The molecule has 0 aliphatic rings. The molecule has 0 fully saturated rings. The molecule has 3 rings (SSSR count). The van der Waals surface area contributed by atoms with Gasteiger partial charge in [-0.2, -0.15) is 4.98 Å². The molecule has 0 aliphatic heterocycles. The first-order chi connectivity index (χ1) is 11.6. The molecule has 1 amide bonds. The molecule has 0 spiro atoms. The van der Waals surface area contributed by atoms with Gasteiger partial charge in [0, 0.05) is 31.1 Å². The van der Waals surface area contributed by atoms with E-state index in [2.05, 4.69) is 10.1 Å². The number of anilines is 1. The highest BCUT2D eigenvalue weighted by molar-refractivity contribution is 5.92. The molecule has 122 valence electrons. The maximum Gasteiger partial charge on any atom is 0.227 e. The molecule has 1 heterocycles. The highest BCUT2D eigenvalue weighted by Crippen LogP contribution is 2.18. The summed E-state index contributed by atoms with van der Waals surface area (Å²) < 4.78 is 5.26. The van der Waals surface area contributed by atoms with Gasteiger partial charge in [-0.25, -0.2) is 0 Å². The van der Waals surface area contributed by atoms with Crippen LogP contribution in [0.15, 0.2) is 59.1 Å². The van der Waals surface area contributed by atoms with Gasteiger partial charge in [-0.1, -0.05) is 47.1 Å². The van der Waals surface area contributed by atoms with E-state index in [1.54, 1.807) is 11.9 Å². The van der Waals surface area contributed by atoms with Gasteiger partial charge in [0.05, 0.1) is 0 Å². The van der Waals surface area contributed by atoms with Crippen molar-refractivity contribution in [2.75, 3.05) is 11.9 Å². The third-order valence-electron chi connectivity index (χ3n) is 3.81. The molecule has 0 saturated carbocycles. The van der Waals surface area contributed by atoms with Gasteiger partial charge < -0.3 is 9.42 Å². The highest BCUT2D eigenvalue weighted by Gasteiger charge is 2.14. The van der Waals surface area contributed by atoms with Gasteiger partial charge in [0.25, 0.3) is 0 Å². The summed E-state index contributed by atoms with van der Waals surface area (Å²) in [6, 6.07) is 17.5. The summed E-state index contributed by atoms with van der Waals surface area (Å²) in [6.45, 7) is 2.02. The number of amides is 1. The fourth-order valence-corrected chi connectivity index (χ4v) is 2.43. The van der Waals surface area contributed by atoms with Crippen LogP contribution in [0.2, 0.25) is 0 Å². The number of hydrogen-bond acceptors (Lipinski definition) is 4. The molecule has 3 aromatic rings. The largest absolute Gasteiger partial charge is 0.339 e. The minimum Gasteiger partial charge on any atom is -0.339 e. The topological polar surface area (TPSA) is 59.2 Å². The van der Waals surface area contributed by atoms with Crippen molar-refractivity contribution in [2.45, 2.75) is 19.8 Å². The predicted molar refractivity (Wildman–Crippen MR) is 92.6 cm³/mol. The number of rotatable bonds is 5. The molecule has 2 aromatic carbocycles. The SMILES string of the molecule is Cc1cccc(-c2noc(CCC(=O)N(C)c3ccccc3)n2)c1. The van der Waals surface area contributed by atoms with Crippen LogP contribution in [0.4, 0.5) is 5.69 Å². The van der Waals surface area contributed by atoms with E-state index < -0.39 is 0 Å². The summed E-state index contributed by atoms with van der Waals surface area (Å²) in [5, 5.41) is 4.00. The molecule has 0 atom stereocenters. The van der Waals surface area contributed by atoms with Crippen LogP contribution in [0.5, 0.6) is 0 Å². The van der Waals surface area contributed by atoms with E-state index >= 15 is 0 Å². The zero-order chi connectivity index (χ0) is 16.9. The van der Waals surface area contributed by atoms with Crippen LogP contribution < -0.4 is 4.90 Å². The minimum atomic E-state index is 0.0107. The molecule has 0 bridgehead atoms. The molecular formula is C19H19N3O2. The van der Waals surface area contributed by atoms with E-state index in [0.717, 1.165) is 16.8 Å². The minimum absolute atomic E-state index is 0.0107. The van der Waals surface area contributed by atoms with Crippen LogP contribution in [0.1, 0.15) is 17.9 Å². The first kappa shape index (κ1) is 15.9. The summed E-state index contributed by atoms with van der Waals surface area (Å²) in [4.78, 5) is 18.3. The molecule has 24 heavy (non-hydrogen) atoms. The van der Waals surface area contributed by atoms with Gasteiger partial charge in [0.2, 0.25) is 17.6 Å². The first-order valence-corrected chi connectivity index (χ1v) is 7.85. The van der Waals surface area contributed by atoms with Crippen LogP contribution in [0.25, 0.3) is 11.4 Å². The van der Waals surface area contributed by atoms with Gasteiger partial charge in [0.15, 0.2) is 0 Å². The van der Waals surface area contributed by atoms with Gasteiger partial charge in [-0.15, -0.1) is 0 Å². The Labute approximate surface area is 140 Å². The van der Waals surface area contributed by atoms with E-state index in [9.17, 15) is 4.79 Å². The Morgan fingerprint density at radius 2 is 1.92 bits per heavy atom.